The Hall–Kier alpha value is -2.89. The van der Waals surface area contributed by atoms with E-state index in [0.717, 1.165) is 23.9 Å². The Labute approximate surface area is 168 Å². The van der Waals surface area contributed by atoms with Gasteiger partial charge in [-0.15, -0.1) is 10.2 Å². The van der Waals surface area contributed by atoms with E-state index in [2.05, 4.69) is 30.8 Å². The number of nitrogens with zero attached hydrogens (tertiary/aromatic N) is 5. The second-order valence-corrected chi connectivity index (χ2v) is 6.78. The minimum absolute atomic E-state index is 0.0151. The van der Waals surface area contributed by atoms with Crippen LogP contribution in [0.5, 0.6) is 0 Å². The number of ketones is 1. The van der Waals surface area contributed by atoms with Crippen molar-refractivity contribution in [3.05, 3.63) is 35.4 Å². The van der Waals surface area contributed by atoms with Gasteiger partial charge >= 0.3 is 6.18 Å². The third kappa shape index (κ3) is 4.75. The van der Waals surface area contributed by atoms with Crippen molar-refractivity contribution in [3.63, 3.8) is 0 Å². The van der Waals surface area contributed by atoms with Gasteiger partial charge in [-0.3, -0.25) is 4.79 Å². The van der Waals surface area contributed by atoms with E-state index in [1.165, 1.54) is 12.1 Å². The van der Waals surface area contributed by atoms with Gasteiger partial charge in [0.15, 0.2) is 10.9 Å². The minimum Gasteiger partial charge on any atom is -0.355 e. The quantitative estimate of drug-likeness (QED) is 0.419. The van der Waals surface area contributed by atoms with Crippen molar-refractivity contribution in [1.82, 2.24) is 24.6 Å². The zero-order valence-electron chi connectivity index (χ0n) is 15.6. The lowest BCUT2D eigenvalue weighted by molar-refractivity contribution is -0.137. The molecule has 0 aliphatic heterocycles. The van der Waals surface area contributed by atoms with Crippen LogP contribution in [0.4, 0.5) is 25.1 Å². The van der Waals surface area contributed by atoms with E-state index in [9.17, 15) is 18.0 Å². The first-order chi connectivity index (χ1) is 13.8. The van der Waals surface area contributed by atoms with E-state index >= 15 is 0 Å². The Morgan fingerprint density at radius 1 is 1.14 bits per heavy atom. The van der Waals surface area contributed by atoms with E-state index in [1.807, 2.05) is 13.8 Å². The summed E-state index contributed by atoms with van der Waals surface area (Å²) in [5.41, 5.74) is -0.876. The van der Waals surface area contributed by atoms with Gasteiger partial charge in [0, 0.05) is 18.7 Å². The van der Waals surface area contributed by atoms with Crippen LogP contribution in [0.25, 0.3) is 5.78 Å². The summed E-state index contributed by atoms with van der Waals surface area (Å²) in [5.74, 6) is 0.573. The largest absolute Gasteiger partial charge is 0.416 e. The van der Waals surface area contributed by atoms with Gasteiger partial charge in [0.25, 0.3) is 5.78 Å². The molecule has 0 fully saturated rings. The lowest BCUT2D eigenvalue weighted by Gasteiger charge is -2.10. The molecule has 0 amide bonds. The molecule has 2 aromatic heterocycles. The lowest BCUT2D eigenvalue weighted by atomic mass is 10.1. The monoisotopic (exact) mass is 425 g/mol. The summed E-state index contributed by atoms with van der Waals surface area (Å²) in [5, 5.41) is 14.5. The molecule has 154 valence electrons. The average Bonchev–Trinajstić information content (AvgIpc) is 3.09. The van der Waals surface area contributed by atoms with Crippen LogP contribution in [-0.2, 0) is 6.18 Å². The number of rotatable bonds is 8. The molecular weight excluding hydrogens is 407 g/mol. The van der Waals surface area contributed by atoms with E-state index in [1.54, 1.807) is 4.40 Å². The zero-order chi connectivity index (χ0) is 21.0. The highest BCUT2D eigenvalue weighted by Crippen LogP contribution is 2.30. The van der Waals surface area contributed by atoms with Crippen LogP contribution in [0.1, 0.15) is 29.8 Å². The second-order valence-electron chi connectivity index (χ2n) is 5.84. The molecule has 0 aliphatic rings. The minimum atomic E-state index is -4.51. The molecule has 29 heavy (non-hydrogen) atoms. The first-order valence-electron chi connectivity index (χ1n) is 8.77. The van der Waals surface area contributed by atoms with Gasteiger partial charge in [-0.05, 0) is 26.0 Å². The van der Waals surface area contributed by atoms with Crippen molar-refractivity contribution >= 4 is 35.2 Å². The molecule has 2 N–H and O–H groups in total. The van der Waals surface area contributed by atoms with Gasteiger partial charge in [0.1, 0.15) is 0 Å². The summed E-state index contributed by atoms with van der Waals surface area (Å²) in [6.45, 7) is 5.02. The van der Waals surface area contributed by atoms with Crippen LogP contribution in [0, 0.1) is 0 Å². The number of anilines is 2. The Morgan fingerprint density at radius 3 is 2.59 bits per heavy atom. The molecule has 12 heteroatoms. The maximum absolute atomic E-state index is 12.9. The average molecular weight is 425 g/mol. The first kappa shape index (κ1) is 20.8. The molecule has 0 spiro atoms. The molecule has 1 aromatic carbocycles. The Balaban J connectivity index is 1.83. The highest BCUT2D eigenvalue weighted by molar-refractivity contribution is 7.99. The lowest BCUT2D eigenvalue weighted by Crippen LogP contribution is -2.12. The molecule has 0 saturated carbocycles. The molecule has 0 unspecified atom stereocenters. The van der Waals surface area contributed by atoms with Gasteiger partial charge in [-0.1, -0.05) is 23.9 Å². The summed E-state index contributed by atoms with van der Waals surface area (Å²) in [4.78, 5) is 21.0. The summed E-state index contributed by atoms with van der Waals surface area (Å²) in [7, 11) is 0. The smallest absolute Gasteiger partial charge is 0.355 e. The molecule has 3 rings (SSSR count). The number of halogens is 3. The van der Waals surface area contributed by atoms with Gasteiger partial charge in [-0.25, -0.2) is 4.40 Å². The Kier molecular flexibility index (Phi) is 6.20. The first-order valence-corrected chi connectivity index (χ1v) is 9.76. The molecule has 8 nitrogen and oxygen atoms in total. The van der Waals surface area contributed by atoms with Crippen molar-refractivity contribution in [1.29, 1.82) is 0 Å². The summed E-state index contributed by atoms with van der Waals surface area (Å²) < 4.78 is 40.1. The van der Waals surface area contributed by atoms with Crippen LogP contribution in [0.3, 0.4) is 0 Å². The topological polar surface area (TPSA) is 97.1 Å². The normalized spacial score (nSPS) is 11.6. The van der Waals surface area contributed by atoms with E-state index in [0.29, 0.717) is 35.9 Å². The summed E-state index contributed by atoms with van der Waals surface area (Å²) in [6.07, 6.45) is -4.51. The number of benzene rings is 1. The number of thioether (sulfide) groups is 1. The fourth-order valence-electron chi connectivity index (χ4n) is 2.48. The molecular formula is C17H18F3N7OS. The highest BCUT2D eigenvalue weighted by atomic mass is 32.2. The zero-order valence-corrected chi connectivity index (χ0v) is 16.4. The summed E-state index contributed by atoms with van der Waals surface area (Å²) in [6, 6.07) is 4.35. The maximum Gasteiger partial charge on any atom is 0.416 e. The van der Waals surface area contributed by atoms with E-state index in [4.69, 9.17) is 0 Å². The molecule has 0 bridgehead atoms. The van der Waals surface area contributed by atoms with E-state index < -0.39 is 17.5 Å². The van der Waals surface area contributed by atoms with Crippen LogP contribution < -0.4 is 10.6 Å². The Bertz CT molecular complexity index is 1020. The molecule has 0 atom stereocenters. The molecule has 0 saturated heterocycles. The van der Waals surface area contributed by atoms with Crippen molar-refractivity contribution in [2.24, 2.45) is 0 Å². The van der Waals surface area contributed by atoms with Crippen molar-refractivity contribution in [3.8, 4) is 0 Å². The third-order valence-corrected chi connectivity index (χ3v) is 4.69. The second kappa shape index (κ2) is 8.64. The number of nitrogens with one attached hydrogen (secondary N) is 2. The van der Waals surface area contributed by atoms with Crippen molar-refractivity contribution in [2.75, 3.05) is 29.5 Å². The number of hydrogen-bond acceptors (Lipinski definition) is 8. The van der Waals surface area contributed by atoms with Crippen molar-refractivity contribution < 1.29 is 18.0 Å². The number of Topliss-reactive ketones (excluding diaryl/α,β-unsaturated/α-hetero) is 1. The number of aromatic nitrogens is 5. The van der Waals surface area contributed by atoms with Crippen LogP contribution in [-0.4, -0.2) is 49.2 Å². The molecule has 2 heterocycles. The Morgan fingerprint density at radius 2 is 1.90 bits per heavy atom. The fourth-order valence-corrected chi connectivity index (χ4v) is 3.30. The maximum atomic E-state index is 12.9. The molecule has 0 aliphatic carbocycles. The number of carbonyl (C=O) groups excluding carboxylic acids is 1. The van der Waals surface area contributed by atoms with Crippen LogP contribution in [0.2, 0.25) is 0 Å². The van der Waals surface area contributed by atoms with Gasteiger partial charge in [0.05, 0.1) is 11.3 Å². The van der Waals surface area contributed by atoms with Crippen LogP contribution >= 0.6 is 11.8 Å². The fraction of sp³-hybridized carbons (Fsp3) is 0.353. The van der Waals surface area contributed by atoms with Gasteiger partial charge in [-0.2, -0.15) is 23.1 Å². The molecule has 0 radical (unpaired) electrons. The number of alkyl halides is 3. The van der Waals surface area contributed by atoms with Gasteiger partial charge in [0.2, 0.25) is 11.9 Å². The van der Waals surface area contributed by atoms with E-state index in [-0.39, 0.29) is 11.3 Å². The highest BCUT2D eigenvalue weighted by Gasteiger charge is 2.30. The summed E-state index contributed by atoms with van der Waals surface area (Å²) >= 11 is 1.05. The predicted molar refractivity (Wildman–Crippen MR) is 103 cm³/mol. The van der Waals surface area contributed by atoms with Gasteiger partial charge < -0.3 is 10.6 Å². The third-order valence-electron chi connectivity index (χ3n) is 3.76. The van der Waals surface area contributed by atoms with Crippen molar-refractivity contribution in [2.45, 2.75) is 25.2 Å². The number of hydrogen-bond donors (Lipinski definition) is 2. The van der Waals surface area contributed by atoms with Crippen LogP contribution in [0.15, 0.2) is 29.4 Å². The predicted octanol–water partition coefficient (Wildman–Crippen LogP) is 3.38. The number of carbonyl (C=O) groups is 1. The number of fused-ring (bicyclic) bond motifs is 1. The standard InChI is InChI=1S/C17H18F3N7OS/c1-3-21-13-23-14(22-4-2)27-15(24-13)25-26-16(27)29-9-12(28)10-6-5-7-11(8-10)17(18,19)20/h5-8H,3-4,9H2,1-2H3,(H2,21,22,23,24,25). The molecule has 3 aromatic rings. The SMILES string of the molecule is CCNc1nc(NCC)n2c(SCC(=O)c3cccc(C(F)(F)F)c3)nnc2n1.